The highest BCUT2D eigenvalue weighted by Gasteiger charge is 2.11. The van der Waals surface area contributed by atoms with Crippen LogP contribution in [0.1, 0.15) is 23.6 Å². The highest BCUT2D eigenvalue weighted by Crippen LogP contribution is 2.35. The fraction of sp³-hybridized carbons (Fsp3) is 0.217. The van der Waals surface area contributed by atoms with Gasteiger partial charge in [0.1, 0.15) is 12.4 Å². The third kappa shape index (κ3) is 5.49. The zero-order valence-electron chi connectivity index (χ0n) is 16.0. The Morgan fingerprint density at radius 3 is 2.29 bits per heavy atom. The van der Waals surface area contributed by atoms with Gasteiger partial charge in [0.15, 0.2) is 11.5 Å². The average Bonchev–Trinajstić information content (AvgIpc) is 2.69. The van der Waals surface area contributed by atoms with Crippen LogP contribution < -0.4 is 14.8 Å². The quantitative estimate of drug-likeness (QED) is 0.431. The predicted octanol–water partition coefficient (Wildman–Crippen LogP) is 6.49. The van der Waals surface area contributed by atoms with Crippen LogP contribution in [0.5, 0.6) is 11.5 Å². The van der Waals surface area contributed by atoms with Crippen LogP contribution in [-0.2, 0) is 13.2 Å². The molecule has 0 saturated carbocycles. The van der Waals surface area contributed by atoms with E-state index in [0.29, 0.717) is 31.3 Å². The van der Waals surface area contributed by atoms with Crippen molar-refractivity contribution < 1.29 is 13.9 Å². The van der Waals surface area contributed by atoms with Crippen LogP contribution >= 0.6 is 15.9 Å². The molecule has 28 heavy (non-hydrogen) atoms. The molecule has 1 N–H and O–H groups in total. The van der Waals surface area contributed by atoms with Crippen LogP contribution in [-0.4, -0.2) is 6.61 Å². The lowest BCUT2D eigenvalue weighted by Gasteiger charge is -2.16. The van der Waals surface area contributed by atoms with Gasteiger partial charge in [-0.15, -0.1) is 0 Å². The molecule has 0 saturated heterocycles. The SMILES string of the molecule is CCOc1cc(CNc2ccc(C)cc2)c(Br)cc1OCc1ccc(F)cc1. The Kier molecular flexibility index (Phi) is 6.93. The number of halogens is 2. The Balaban J connectivity index is 1.72. The summed E-state index contributed by atoms with van der Waals surface area (Å²) in [6.45, 7) is 5.55. The van der Waals surface area contributed by atoms with E-state index in [2.05, 4.69) is 52.4 Å². The van der Waals surface area contributed by atoms with Crippen LogP contribution in [0.15, 0.2) is 65.1 Å². The van der Waals surface area contributed by atoms with E-state index < -0.39 is 0 Å². The fourth-order valence-corrected chi connectivity index (χ4v) is 3.17. The first-order chi connectivity index (χ1) is 13.5. The van der Waals surface area contributed by atoms with Gasteiger partial charge in [0.05, 0.1) is 6.61 Å². The topological polar surface area (TPSA) is 30.5 Å². The van der Waals surface area contributed by atoms with Crippen molar-refractivity contribution in [2.75, 3.05) is 11.9 Å². The van der Waals surface area contributed by atoms with Crippen molar-refractivity contribution in [1.29, 1.82) is 0 Å². The van der Waals surface area contributed by atoms with Gasteiger partial charge in [-0.3, -0.25) is 0 Å². The number of nitrogens with one attached hydrogen (secondary N) is 1. The number of hydrogen-bond donors (Lipinski definition) is 1. The zero-order valence-corrected chi connectivity index (χ0v) is 17.6. The minimum Gasteiger partial charge on any atom is -0.490 e. The van der Waals surface area contributed by atoms with Crippen molar-refractivity contribution in [1.82, 2.24) is 0 Å². The second-order valence-corrected chi connectivity index (χ2v) is 7.31. The first kappa shape index (κ1) is 20.2. The van der Waals surface area contributed by atoms with E-state index in [1.807, 2.05) is 19.1 Å². The molecule has 0 fully saturated rings. The molecule has 0 aliphatic heterocycles. The van der Waals surface area contributed by atoms with E-state index in [-0.39, 0.29) is 5.82 Å². The van der Waals surface area contributed by atoms with Crippen LogP contribution in [0.4, 0.5) is 10.1 Å². The van der Waals surface area contributed by atoms with Crippen LogP contribution in [0.2, 0.25) is 0 Å². The van der Waals surface area contributed by atoms with Crippen LogP contribution in [0, 0.1) is 12.7 Å². The molecule has 3 aromatic carbocycles. The molecule has 0 amide bonds. The van der Waals surface area contributed by atoms with E-state index in [0.717, 1.165) is 21.3 Å². The molecule has 5 heteroatoms. The molecular formula is C23H23BrFNO2. The number of hydrogen-bond acceptors (Lipinski definition) is 3. The maximum absolute atomic E-state index is 13.1. The number of aryl methyl sites for hydroxylation is 1. The maximum Gasteiger partial charge on any atom is 0.162 e. The van der Waals surface area contributed by atoms with Crippen molar-refractivity contribution in [3.63, 3.8) is 0 Å². The monoisotopic (exact) mass is 443 g/mol. The summed E-state index contributed by atoms with van der Waals surface area (Å²) >= 11 is 3.63. The second kappa shape index (κ2) is 9.60. The lowest BCUT2D eigenvalue weighted by molar-refractivity contribution is 0.269. The fourth-order valence-electron chi connectivity index (χ4n) is 2.70. The lowest BCUT2D eigenvalue weighted by Crippen LogP contribution is -2.04. The first-order valence-corrected chi connectivity index (χ1v) is 9.97. The minimum absolute atomic E-state index is 0.257. The predicted molar refractivity (Wildman–Crippen MR) is 115 cm³/mol. The van der Waals surface area contributed by atoms with Gasteiger partial charge >= 0.3 is 0 Å². The third-order valence-corrected chi connectivity index (χ3v) is 4.99. The molecule has 0 aliphatic carbocycles. The number of ether oxygens (including phenoxy) is 2. The van der Waals surface area contributed by atoms with Gasteiger partial charge < -0.3 is 14.8 Å². The molecule has 3 rings (SSSR count). The molecular weight excluding hydrogens is 421 g/mol. The van der Waals surface area contributed by atoms with E-state index >= 15 is 0 Å². The van der Waals surface area contributed by atoms with Crippen molar-refractivity contribution in [2.45, 2.75) is 27.0 Å². The van der Waals surface area contributed by atoms with Crippen molar-refractivity contribution in [3.8, 4) is 11.5 Å². The van der Waals surface area contributed by atoms with E-state index in [9.17, 15) is 4.39 Å². The summed E-state index contributed by atoms with van der Waals surface area (Å²) in [4.78, 5) is 0. The average molecular weight is 444 g/mol. The molecule has 0 bridgehead atoms. The summed E-state index contributed by atoms with van der Waals surface area (Å²) in [6, 6.07) is 18.5. The molecule has 3 nitrogen and oxygen atoms in total. The van der Waals surface area contributed by atoms with Gasteiger partial charge in [0, 0.05) is 16.7 Å². The normalized spacial score (nSPS) is 10.6. The van der Waals surface area contributed by atoms with Crippen LogP contribution in [0.25, 0.3) is 0 Å². The molecule has 0 unspecified atom stereocenters. The Morgan fingerprint density at radius 2 is 1.61 bits per heavy atom. The highest BCUT2D eigenvalue weighted by atomic mass is 79.9. The summed E-state index contributed by atoms with van der Waals surface area (Å²) in [7, 11) is 0. The van der Waals surface area contributed by atoms with E-state index in [1.54, 1.807) is 12.1 Å². The van der Waals surface area contributed by atoms with Gasteiger partial charge in [-0.25, -0.2) is 4.39 Å². The summed E-state index contributed by atoms with van der Waals surface area (Å²) in [5, 5.41) is 3.42. The zero-order chi connectivity index (χ0) is 19.9. The molecule has 3 aromatic rings. The summed E-state index contributed by atoms with van der Waals surface area (Å²) < 4.78 is 25.7. The Hall–Kier alpha value is -2.53. The molecule has 0 aliphatic rings. The second-order valence-electron chi connectivity index (χ2n) is 6.46. The minimum atomic E-state index is -0.257. The van der Waals surface area contributed by atoms with E-state index in [1.165, 1.54) is 17.7 Å². The molecule has 0 aromatic heterocycles. The maximum atomic E-state index is 13.1. The molecule has 0 atom stereocenters. The Bertz CT molecular complexity index is 911. The standard InChI is InChI=1S/C23H23BrFNO2/c1-3-27-22-12-18(14-26-20-10-4-16(2)5-11-20)21(24)13-23(22)28-15-17-6-8-19(25)9-7-17/h4-13,26H,3,14-15H2,1-2H3. The lowest BCUT2D eigenvalue weighted by atomic mass is 10.1. The van der Waals surface area contributed by atoms with Crippen molar-refractivity contribution >= 4 is 21.6 Å². The highest BCUT2D eigenvalue weighted by molar-refractivity contribution is 9.10. The van der Waals surface area contributed by atoms with Crippen LogP contribution in [0.3, 0.4) is 0 Å². The Morgan fingerprint density at radius 1 is 0.929 bits per heavy atom. The number of rotatable bonds is 8. The van der Waals surface area contributed by atoms with Gasteiger partial charge in [-0.2, -0.15) is 0 Å². The largest absolute Gasteiger partial charge is 0.490 e. The Labute approximate surface area is 173 Å². The summed E-state index contributed by atoms with van der Waals surface area (Å²) in [5.74, 6) is 1.08. The first-order valence-electron chi connectivity index (χ1n) is 9.18. The van der Waals surface area contributed by atoms with E-state index in [4.69, 9.17) is 9.47 Å². The molecule has 146 valence electrons. The van der Waals surface area contributed by atoms with Crippen molar-refractivity contribution in [2.24, 2.45) is 0 Å². The number of anilines is 1. The molecule has 0 spiro atoms. The summed E-state index contributed by atoms with van der Waals surface area (Å²) in [5.41, 5.74) is 4.25. The molecule has 0 radical (unpaired) electrons. The van der Waals surface area contributed by atoms with Crippen molar-refractivity contribution in [3.05, 3.63) is 87.6 Å². The van der Waals surface area contributed by atoms with Gasteiger partial charge in [0.2, 0.25) is 0 Å². The third-order valence-electron chi connectivity index (χ3n) is 4.25. The van der Waals surface area contributed by atoms with Gasteiger partial charge in [0.25, 0.3) is 0 Å². The molecule has 0 heterocycles. The number of benzene rings is 3. The summed E-state index contributed by atoms with van der Waals surface area (Å²) in [6.07, 6.45) is 0. The van der Waals surface area contributed by atoms with Gasteiger partial charge in [-0.05, 0) is 61.4 Å². The smallest absolute Gasteiger partial charge is 0.162 e. The van der Waals surface area contributed by atoms with Gasteiger partial charge in [-0.1, -0.05) is 45.8 Å².